The number of hydrogen-bond donors (Lipinski definition) is 3. The monoisotopic (exact) mass is 331 g/mol. The van der Waals surface area contributed by atoms with Crippen LogP contribution in [0, 0.1) is 0 Å². The molecule has 1 aromatic rings. The first-order valence-corrected chi connectivity index (χ1v) is 8.73. The van der Waals surface area contributed by atoms with E-state index in [9.17, 15) is 4.79 Å². The Morgan fingerprint density at radius 1 is 1.46 bits per heavy atom. The van der Waals surface area contributed by atoms with Gasteiger partial charge in [-0.2, -0.15) is 0 Å². The molecule has 24 heavy (non-hydrogen) atoms. The van der Waals surface area contributed by atoms with Crippen molar-refractivity contribution in [1.29, 1.82) is 0 Å². The van der Waals surface area contributed by atoms with Gasteiger partial charge < -0.3 is 16.4 Å². The SMILES string of the molecule is CCN1CCCC1CN=C(N)NCCc1cccc(C(=O)NC)c1. The number of nitrogens with two attached hydrogens (primary N) is 1. The van der Waals surface area contributed by atoms with Gasteiger partial charge in [0.2, 0.25) is 0 Å². The van der Waals surface area contributed by atoms with Crippen LogP contribution in [0.3, 0.4) is 0 Å². The maximum absolute atomic E-state index is 11.6. The van der Waals surface area contributed by atoms with E-state index in [1.54, 1.807) is 7.05 Å². The van der Waals surface area contributed by atoms with E-state index < -0.39 is 0 Å². The highest BCUT2D eigenvalue weighted by Crippen LogP contribution is 2.16. The first-order chi connectivity index (χ1) is 11.6. The summed E-state index contributed by atoms with van der Waals surface area (Å²) in [5, 5.41) is 5.80. The molecule has 132 valence electrons. The van der Waals surface area contributed by atoms with Gasteiger partial charge in [-0.15, -0.1) is 0 Å². The van der Waals surface area contributed by atoms with Crippen LogP contribution in [0.1, 0.15) is 35.7 Å². The number of likely N-dealkylation sites (tertiary alicyclic amines) is 1. The topological polar surface area (TPSA) is 82.8 Å². The van der Waals surface area contributed by atoms with Crippen molar-refractivity contribution < 1.29 is 4.79 Å². The smallest absolute Gasteiger partial charge is 0.251 e. The summed E-state index contributed by atoms with van der Waals surface area (Å²) in [6.07, 6.45) is 3.26. The molecule has 0 spiro atoms. The van der Waals surface area contributed by atoms with E-state index in [0.717, 1.165) is 25.1 Å². The standard InChI is InChI=1S/C18H29N5O/c1-3-23-11-5-8-16(23)13-22-18(19)21-10-9-14-6-4-7-15(12-14)17(24)20-2/h4,6-7,12,16H,3,5,8-11,13H2,1-2H3,(H,20,24)(H3,19,21,22). The first kappa shape index (κ1) is 18.3. The molecule has 0 aromatic heterocycles. The first-order valence-electron chi connectivity index (χ1n) is 8.73. The maximum atomic E-state index is 11.6. The molecule has 1 fully saturated rings. The summed E-state index contributed by atoms with van der Waals surface area (Å²) in [5.41, 5.74) is 7.74. The van der Waals surface area contributed by atoms with Crippen molar-refractivity contribution in [3.8, 4) is 0 Å². The van der Waals surface area contributed by atoms with Crippen LogP contribution in [0.4, 0.5) is 0 Å². The van der Waals surface area contributed by atoms with Gasteiger partial charge >= 0.3 is 0 Å². The number of benzene rings is 1. The zero-order valence-electron chi connectivity index (χ0n) is 14.7. The summed E-state index contributed by atoms with van der Waals surface area (Å²) in [6, 6.07) is 8.16. The third-order valence-electron chi connectivity index (χ3n) is 4.51. The second kappa shape index (κ2) is 9.27. The minimum atomic E-state index is -0.0667. The van der Waals surface area contributed by atoms with E-state index in [4.69, 9.17) is 5.73 Å². The minimum absolute atomic E-state index is 0.0667. The van der Waals surface area contributed by atoms with Crippen LogP contribution in [-0.4, -0.2) is 56.0 Å². The van der Waals surface area contributed by atoms with Gasteiger partial charge in [-0.25, -0.2) is 0 Å². The highest BCUT2D eigenvalue weighted by Gasteiger charge is 2.22. The molecule has 1 amide bonds. The zero-order valence-corrected chi connectivity index (χ0v) is 14.7. The molecule has 0 aliphatic carbocycles. The molecule has 6 heteroatoms. The number of carbonyl (C=O) groups excluding carboxylic acids is 1. The van der Waals surface area contributed by atoms with E-state index in [-0.39, 0.29) is 5.91 Å². The van der Waals surface area contributed by atoms with Crippen molar-refractivity contribution >= 4 is 11.9 Å². The molecule has 1 heterocycles. The molecule has 1 saturated heterocycles. The van der Waals surface area contributed by atoms with Gasteiger partial charge in [-0.3, -0.25) is 14.7 Å². The van der Waals surface area contributed by atoms with E-state index >= 15 is 0 Å². The molecule has 0 bridgehead atoms. The average Bonchev–Trinajstić information content (AvgIpc) is 3.07. The number of hydrogen-bond acceptors (Lipinski definition) is 3. The Kier molecular flexibility index (Phi) is 7.06. The van der Waals surface area contributed by atoms with Gasteiger partial charge in [0.05, 0.1) is 6.54 Å². The molecule has 4 N–H and O–H groups in total. The van der Waals surface area contributed by atoms with Gasteiger partial charge in [0, 0.05) is 25.2 Å². The van der Waals surface area contributed by atoms with Gasteiger partial charge in [-0.05, 0) is 50.0 Å². The molecular formula is C18H29N5O. The number of guanidine groups is 1. The third-order valence-corrected chi connectivity index (χ3v) is 4.51. The molecule has 1 atom stereocenters. The van der Waals surface area contributed by atoms with E-state index in [0.29, 0.717) is 24.1 Å². The predicted octanol–water partition coefficient (Wildman–Crippen LogP) is 0.977. The minimum Gasteiger partial charge on any atom is -0.370 e. The molecule has 1 aliphatic heterocycles. The van der Waals surface area contributed by atoms with Crippen LogP contribution in [0.15, 0.2) is 29.3 Å². The molecule has 6 nitrogen and oxygen atoms in total. The summed E-state index contributed by atoms with van der Waals surface area (Å²) in [6.45, 7) is 5.91. The lowest BCUT2D eigenvalue weighted by Gasteiger charge is -2.20. The largest absolute Gasteiger partial charge is 0.370 e. The quantitative estimate of drug-likeness (QED) is 0.514. The fraction of sp³-hybridized carbons (Fsp3) is 0.556. The van der Waals surface area contributed by atoms with Crippen LogP contribution in [0.25, 0.3) is 0 Å². The van der Waals surface area contributed by atoms with Crippen LogP contribution >= 0.6 is 0 Å². The van der Waals surface area contributed by atoms with Crippen molar-refractivity contribution in [2.75, 3.05) is 33.2 Å². The molecule has 0 saturated carbocycles. The second-order valence-corrected chi connectivity index (χ2v) is 6.11. The molecule has 0 radical (unpaired) electrons. The summed E-state index contributed by atoms with van der Waals surface area (Å²) < 4.78 is 0. The Bertz CT molecular complexity index is 572. The number of nitrogens with one attached hydrogen (secondary N) is 2. The number of likely N-dealkylation sites (N-methyl/N-ethyl adjacent to an activating group) is 1. The van der Waals surface area contributed by atoms with E-state index in [2.05, 4.69) is 27.4 Å². The van der Waals surface area contributed by atoms with Crippen molar-refractivity contribution in [2.45, 2.75) is 32.2 Å². The molecule has 2 rings (SSSR count). The predicted molar refractivity (Wildman–Crippen MR) is 98.3 cm³/mol. The number of nitrogens with zero attached hydrogens (tertiary/aromatic N) is 2. The van der Waals surface area contributed by atoms with Gasteiger partial charge in [0.1, 0.15) is 0 Å². The summed E-state index contributed by atoms with van der Waals surface area (Å²) >= 11 is 0. The fourth-order valence-electron chi connectivity index (χ4n) is 3.13. The normalized spacial score (nSPS) is 18.6. The van der Waals surface area contributed by atoms with Crippen LogP contribution in [0.5, 0.6) is 0 Å². The van der Waals surface area contributed by atoms with Crippen molar-refractivity contribution in [3.63, 3.8) is 0 Å². The summed E-state index contributed by atoms with van der Waals surface area (Å²) in [7, 11) is 1.64. The lowest BCUT2D eigenvalue weighted by molar-refractivity contribution is 0.0963. The Morgan fingerprint density at radius 2 is 2.29 bits per heavy atom. The molecule has 1 aromatic carbocycles. The second-order valence-electron chi connectivity index (χ2n) is 6.11. The number of aliphatic imine (C=N–C) groups is 1. The maximum Gasteiger partial charge on any atom is 0.251 e. The van der Waals surface area contributed by atoms with Gasteiger partial charge in [0.15, 0.2) is 5.96 Å². The highest BCUT2D eigenvalue weighted by atomic mass is 16.1. The van der Waals surface area contributed by atoms with Crippen molar-refractivity contribution in [1.82, 2.24) is 15.5 Å². The highest BCUT2D eigenvalue weighted by molar-refractivity contribution is 5.94. The fourth-order valence-corrected chi connectivity index (χ4v) is 3.13. The Morgan fingerprint density at radius 3 is 3.04 bits per heavy atom. The lowest BCUT2D eigenvalue weighted by Crippen LogP contribution is -2.36. The van der Waals surface area contributed by atoms with Crippen molar-refractivity contribution in [2.24, 2.45) is 10.7 Å². The van der Waals surface area contributed by atoms with Crippen LogP contribution in [0.2, 0.25) is 0 Å². The van der Waals surface area contributed by atoms with Gasteiger partial charge in [0.25, 0.3) is 5.91 Å². The third kappa shape index (κ3) is 5.23. The lowest BCUT2D eigenvalue weighted by atomic mass is 10.1. The number of rotatable bonds is 7. The number of amides is 1. The Balaban J connectivity index is 1.77. The number of carbonyl (C=O) groups is 1. The summed E-state index contributed by atoms with van der Waals surface area (Å²) in [5.74, 6) is 0.434. The zero-order chi connectivity index (χ0) is 17.4. The van der Waals surface area contributed by atoms with Crippen molar-refractivity contribution in [3.05, 3.63) is 35.4 Å². The molecule has 1 aliphatic rings. The molecule has 1 unspecified atom stereocenters. The van der Waals surface area contributed by atoms with Crippen LogP contribution in [-0.2, 0) is 6.42 Å². The van der Waals surface area contributed by atoms with E-state index in [1.807, 2.05) is 24.3 Å². The molecular weight excluding hydrogens is 302 g/mol. The van der Waals surface area contributed by atoms with E-state index in [1.165, 1.54) is 19.4 Å². The van der Waals surface area contributed by atoms with Gasteiger partial charge in [-0.1, -0.05) is 19.1 Å². The Labute approximate surface area is 144 Å². The summed E-state index contributed by atoms with van der Waals surface area (Å²) in [4.78, 5) is 18.6. The average molecular weight is 331 g/mol. The Hall–Kier alpha value is -2.08. The van der Waals surface area contributed by atoms with Crippen LogP contribution < -0.4 is 16.4 Å².